The predicted octanol–water partition coefficient (Wildman–Crippen LogP) is 15.6. The second-order valence-corrected chi connectivity index (χ2v) is 14.9. The van der Waals surface area contributed by atoms with Crippen molar-refractivity contribution in [2.24, 2.45) is 0 Å². The van der Waals surface area contributed by atoms with Gasteiger partial charge in [0, 0.05) is 62.3 Å². The van der Waals surface area contributed by atoms with E-state index >= 15 is 0 Å². The van der Waals surface area contributed by atoms with Crippen LogP contribution in [0.5, 0.6) is 0 Å². The second-order valence-electron chi connectivity index (χ2n) is 14.9. The number of hydrogen-bond donors (Lipinski definition) is 0. The molecule has 8 aromatic carbocycles. The molecule has 4 heteroatoms. The molecule has 0 saturated heterocycles. The Labute approximate surface area is 337 Å². The number of fused-ring (bicyclic) bond motifs is 6. The van der Waals surface area contributed by atoms with Crippen LogP contribution >= 0.6 is 0 Å². The molecule has 0 saturated carbocycles. The molecule has 11 rings (SSSR count). The second kappa shape index (κ2) is 14.2. The minimum absolute atomic E-state index is 0.900. The number of benzene rings is 8. The Morgan fingerprint density at radius 1 is 0.345 bits per heavy atom. The molecular weight excluding hydrogens is 709 g/mol. The summed E-state index contributed by atoms with van der Waals surface area (Å²) in [6.45, 7) is 0. The molecule has 276 valence electrons. The fourth-order valence-corrected chi connectivity index (χ4v) is 8.44. The van der Waals surface area contributed by atoms with Crippen LogP contribution in [0.1, 0.15) is 17.7 Å². The van der Waals surface area contributed by atoms with Crippen LogP contribution in [-0.2, 0) is 6.42 Å². The van der Waals surface area contributed by atoms with E-state index in [2.05, 4.69) is 204 Å². The first-order valence-electron chi connectivity index (χ1n) is 19.9. The first kappa shape index (κ1) is 33.8. The van der Waals surface area contributed by atoms with Crippen molar-refractivity contribution in [1.82, 2.24) is 0 Å². The lowest BCUT2D eigenvalue weighted by Gasteiger charge is -2.28. The highest BCUT2D eigenvalue weighted by Crippen LogP contribution is 2.41. The van der Waals surface area contributed by atoms with Crippen LogP contribution < -0.4 is 9.80 Å². The molecule has 2 aromatic heterocycles. The van der Waals surface area contributed by atoms with E-state index in [0.717, 1.165) is 103 Å². The monoisotopic (exact) mass is 746 g/mol. The van der Waals surface area contributed by atoms with Crippen molar-refractivity contribution in [2.45, 2.75) is 12.8 Å². The zero-order chi connectivity index (χ0) is 38.4. The minimum atomic E-state index is 0.900. The van der Waals surface area contributed by atoms with Gasteiger partial charge in [-0.1, -0.05) is 103 Å². The van der Waals surface area contributed by atoms with E-state index in [1.54, 1.807) is 0 Å². The summed E-state index contributed by atoms with van der Waals surface area (Å²) in [5.41, 5.74) is 15.0. The molecule has 0 amide bonds. The molecule has 1 aliphatic carbocycles. The van der Waals surface area contributed by atoms with Gasteiger partial charge >= 0.3 is 0 Å². The smallest absolute Gasteiger partial charge is 0.136 e. The highest BCUT2D eigenvalue weighted by molar-refractivity contribution is 6.06. The van der Waals surface area contributed by atoms with Gasteiger partial charge in [0.05, 0.1) is 0 Å². The summed E-state index contributed by atoms with van der Waals surface area (Å²) in [4.78, 5) is 4.62. The third-order valence-corrected chi connectivity index (χ3v) is 11.3. The number of hydrogen-bond acceptors (Lipinski definition) is 4. The molecule has 0 aliphatic heterocycles. The van der Waals surface area contributed by atoms with Crippen LogP contribution in [-0.4, -0.2) is 0 Å². The zero-order valence-corrected chi connectivity index (χ0v) is 31.8. The summed E-state index contributed by atoms with van der Waals surface area (Å²) in [6.07, 6.45) is 6.43. The van der Waals surface area contributed by atoms with Crippen molar-refractivity contribution in [1.29, 1.82) is 0 Å². The highest BCUT2D eigenvalue weighted by Gasteiger charge is 2.18. The summed E-state index contributed by atoms with van der Waals surface area (Å²) in [7, 11) is 0. The quantitative estimate of drug-likeness (QED) is 0.155. The molecule has 0 atom stereocenters. The first-order valence-corrected chi connectivity index (χ1v) is 19.9. The minimum Gasteiger partial charge on any atom is -0.460 e. The number of allylic oxidation sites excluding steroid dienone is 1. The maximum absolute atomic E-state index is 6.29. The Hall–Kier alpha value is -7.56. The van der Waals surface area contributed by atoms with Crippen LogP contribution in [0.25, 0.3) is 61.2 Å². The van der Waals surface area contributed by atoms with Gasteiger partial charge in [-0.15, -0.1) is 0 Å². The van der Waals surface area contributed by atoms with Crippen molar-refractivity contribution >= 4 is 73.1 Å². The van der Waals surface area contributed by atoms with E-state index in [0.29, 0.717) is 0 Å². The lowest BCUT2D eigenvalue weighted by atomic mass is 10.00. The molecule has 0 bridgehead atoms. The van der Waals surface area contributed by atoms with Crippen LogP contribution in [0.4, 0.5) is 34.1 Å². The molecule has 2 heterocycles. The van der Waals surface area contributed by atoms with Gasteiger partial charge in [0.1, 0.15) is 22.5 Å². The van der Waals surface area contributed by atoms with Crippen LogP contribution in [0.3, 0.4) is 0 Å². The van der Waals surface area contributed by atoms with Crippen LogP contribution in [0.2, 0.25) is 0 Å². The van der Waals surface area contributed by atoms with Crippen molar-refractivity contribution in [3.05, 3.63) is 212 Å². The van der Waals surface area contributed by atoms with Gasteiger partial charge < -0.3 is 18.6 Å². The molecule has 1 aliphatic rings. The molecule has 10 aromatic rings. The average molecular weight is 747 g/mol. The van der Waals surface area contributed by atoms with Gasteiger partial charge in [0.25, 0.3) is 0 Å². The molecule has 0 unspecified atom stereocenters. The first-order chi connectivity index (χ1) is 28.7. The average Bonchev–Trinajstić information content (AvgIpc) is 3.86. The lowest BCUT2D eigenvalue weighted by molar-refractivity contribution is 0.546. The summed E-state index contributed by atoms with van der Waals surface area (Å²) in [6, 6.07) is 68.9. The Bertz CT molecular complexity index is 3090. The number of para-hydroxylation sites is 3. The molecule has 4 nitrogen and oxygen atoms in total. The maximum atomic E-state index is 6.29. The largest absolute Gasteiger partial charge is 0.460 e. The summed E-state index contributed by atoms with van der Waals surface area (Å²) >= 11 is 0. The van der Waals surface area contributed by atoms with Crippen LogP contribution in [0.15, 0.2) is 209 Å². The third-order valence-electron chi connectivity index (χ3n) is 11.3. The number of furan rings is 2. The van der Waals surface area contributed by atoms with Gasteiger partial charge in [-0.05, 0) is 132 Å². The molecule has 0 spiro atoms. The van der Waals surface area contributed by atoms with E-state index < -0.39 is 0 Å². The Morgan fingerprint density at radius 2 is 0.776 bits per heavy atom. The van der Waals surface area contributed by atoms with Gasteiger partial charge in [-0.25, -0.2) is 0 Å². The maximum Gasteiger partial charge on any atom is 0.136 e. The lowest BCUT2D eigenvalue weighted by Crippen LogP contribution is -2.12. The highest BCUT2D eigenvalue weighted by atomic mass is 16.3. The van der Waals surface area contributed by atoms with Crippen molar-refractivity contribution in [3.8, 4) is 22.3 Å². The molecule has 0 radical (unpaired) electrons. The van der Waals surface area contributed by atoms with E-state index in [4.69, 9.17) is 8.83 Å². The Kier molecular flexibility index (Phi) is 8.25. The number of anilines is 6. The van der Waals surface area contributed by atoms with Gasteiger partial charge in [-0.3, -0.25) is 0 Å². The van der Waals surface area contributed by atoms with Crippen LogP contribution in [0, 0.1) is 0 Å². The normalized spacial score (nSPS) is 12.3. The van der Waals surface area contributed by atoms with E-state index in [1.807, 2.05) is 12.1 Å². The molecular formula is C54H38N2O2. The fourth-order valence-electron chi connectivity index (χ4n) is 8.44. The standard InChI is InChI=1S/C54H38N2O2/c1-3-11-41(12-4-1)55(43-25-19-37(20-26-43)39-23-33-49-47-15-7-9-17-51(47)57-53(49)35-39)45-29-31-46(32-30-45)56(42-13-5-2-6-14-42)44-27-21-38(22-28-44)40-24-34-50-48-16-8-10-18-52(48)58-54(50)36-40/h1-9,11-17,19-36H,10,18H2. The van der Waals surface area contributed by atoms with Crippen molar-refractivity contribution in [3.63, 3.8) is 0 Å². The fraction of sp³-hybridized carbons (Fsp3) is 0.0370. The Morgan fingerprint density at radius 3 is 1.34 bits per heavy atom. The van der Waals surface area contributed by atoms with E-state index in [1.165, 1.54) is 10.9 Å². The third kappa shape index (κ3) is 6.03. The SMILES string of the molecule is C1=Cc2c(oc3cc(-c4ccc(N(c5ccccc5)c5ccc(N(c6ccccc6)c6ccc(-c7ccc8c(c7)oc7ccccc78)cc6)cc5)cc4)ccc23)CC1. The van der Waals surface area contributed by atoms with E-state index in [-0.39, 0.29) is 0 Å². The number of aryl methyl sites for hydroxylation is 1. The Balaban J connectivity index is 0.909. The molecule has 0 fully saturated rings. The number of rotatable bonds is 8. The summed E-state index contributed by atoms with van der Waals surface area (Å²) < 4.78 is 12.5. The van der Waals surface area contributed by atoms with Crippen molar-refractivity contribution < 1.29 is 8.83 Å². The predicted molar refractivity (Wildman–Crippen MR) is 241 cm³/mol. The summed E-state index contributed by atoms with van der Waals surface area (Å²) in [5, 5.41) is 3.46. The van der Waals surface area contributed by atoms with Gasteiger partial charge in [0.15, 0.2) is 0 Å². The zero-order valence-electron chi connectivity index (χ0n) is 31.8. The number of nitrogens with zero attached hydrogens (tertiary/aromatic N) is 2. The van der Waals surface area contributed by atoms with Crippen molar-refractivity contribution in [2.75, 3.05) is 9.80 Å². The van der Waals surface area contributed by atoms with E-state index in [9.17, 15) is 0 Å². The molecule has 58 heavy (non-hydrogen) atoms. The molecule has 0 N–H and O–H groups in total. The van der Waals surface area contributed by atoms with Gasteiger partial charge in [-0.2, -0.15) is 0 Å². The topological polar surface area (TPSA) is 32.8 Å². The van der Waals surface area contributed by atoms with Gasteiger partial charge in [0.2, 0.25) is 0 Å². The summed E-state index contributed by atoms with van der Waals surface area (Å²) in [5.74, 6) is 1.09.